The van der Waals surface area contributed by atoms with Crippen LogP contribution in [0.25, 0.3) is 0 Å². The first kappa shape index (κ1) is 15.4. The van der Waals surface area contributed by atoms with E-state index in [1.807, 2.05) is 13.8 Å². The van der Waals surface area contributed by atoms with Crippen LogP contribution in [0.15, 0.2) is 4.52 Å². The fourth-order valence-electron chi connectivity index (χ4n) is 2.71. The van der Waals surface area contributed by atoms with Gasteiger partial charge in [-0.1, -0.05) is 37.3 Å². The minimum atomic E-state index is -0.681. The van der Waals surface area contributed by atoms with Gasteiger partial charge in [0.15, 0.2) is 5.82 Å². The van der Waals surface area contributed by atoms with Gasteiger partial charge in [-0.3, -0.25) is 0 Å². The molecule has 0 bridgehead atoms. The highest BCUT2D eigenvalue weighted by Crippen LogP contribution is 2.30. The van der Waals surface area contributed by atoms with Gasteiger partial charge in [-0.25, -0.2) is 0 Å². The molecule has 1 fully saturated rings. The molecule has 114 valence electrons. The molecule has 0 radical (unpaired) electrons. The van der Waals surface area contributed by atoms with Crippen molar-refractivity contribution in [2.45, 2.75) is 70.3 Å². The predicted octanol–water partition coefficient (Wildman–Crippen LogP) is 3.11. The number of hydrogen-bond donors (Lipinski definition) is 1. The zero-order chi connectivity index (χ0) is 14.4. The van der Waals surface area contributed by atoms with E-state index in [4.69, 9.17) is 15.0 Å². The van der Waals surface area contributed by atoms with E-state index in [0.717, 1.165) is 18.7 Å². The second-order valence-electron chi connectivity index (χ2n) is 6.05. The molecule has 0 spiro atoms. The highest BCUT2D eigenvalue weighted by molar-refractivity contribution is 5.04. The lowest BCUT2D eigenvalue weighted by atomic mass is 9.91. The third-order valence-corrected chi connectivity index (χ3v) is 4.01. The maximum Gasteiger partial charge on any atom is 0.229 e. The van der Waals surface area contributed by atoms with Crippen molar-refractivity contribution in [3.63, 3.8) is 0 Å². The Morgan fingerprint density at radius 2 is 1.90 bits per heavy atom. The van der Waals surface area contributed by atoms with Crippen LogP contribution in [-0.2, 0) is 10.3 Å². The average molecular weight is 281 g/mol. The molecule has 1 atom stereocenters. The number of nitrogens with zero attached hydrogens (tertiary/aromatic N) is 2. The third kappa shape index (κ3) is 4.03. The lowest BCUT2D eigenvalue weighted by Gasteiger charge is -2.19. The summed E-state index contributed by atoms with van der Waals surface area (Å²) in [5.74, 6) is 1.72. The lowest BCUT2D eigenvalue weighted by Crippen LogP contribution is -2.39. The summed E-state index contributed by atoms with van der Waals surface area (Å²) < 4.78 is 10.9. The molecule has 0 aromatic carbocycles. The first-order chi connectivity index (χ1) is 9.63. The molecule has 5 nitrogen and oxygen atoms in total. The number of aromatic nitrogens is 2. The Morgan fingerprint density at radius 1 is 1.25 bits per heavy atom. The summed E-state index contributed by atoms with van der Waals surface area (Å²) in [4.78, 5) is 4.55. The molecule has 1 saturated carbocycles. The Hall–Kier alpha value is -0.940. The van der Waals surface area contributed by atoms with Crippen molar-refractivity contribution in [2.75, 3.05) is 13.2 Å². The molecule has 2 N–H and O–H groups in total. The highest BCUT2D eigenvalue weighted by Gasteiger charge is 2.29. The predicted molar refractivity (Wildman–Crippen MR) is 77.4 cm³/mol. The van der Waals surface area contributed by atoms with E-state index in [2.05, 4.69) is 10.1 Å². The molecular formula is C15H27N3O2. The highest BCUT2D eigenvalue weighted by atomic mass is 16.5. The number of hydrogen-bond acceptors (Lipinski definition) is 5. The van der Waals surface area contributed by atoms with E-state index in [1.165, 1.54) is 32.1 Å². The molecular weight excluding hydrogens is 254 g/mol. The van der Waals surface area contributed by atoms with E-state index in [9.17, 15) is 0 Å². The van der Waals surface area contributed by atoms with Crippen LogP contribution >= 0.6 is 0 Å². The zero-order valence-electron chi connectivity index (χ0n) is 12.7. The summed E-state index contributed by atoms with van der Waals surface area (Å²) in [6.07, 6.45) is 8.79. The molecule has 1 aromatic rings. The van der Waals surface area contributed by atoms with Crippen LogP contribution in [0.3, 0.4) is 0 Å². The molecule has 1 aromatic heterocycles. The van der Waals surface area contributed by atoms with Gasteiger partial charge in [0.1, 0.15) is 5.54 Å². The van der Waals surface area contributed by atoms with E-state index >= 15 is 0 Å². The molecule has 1 heterocycles. The minimum absolute atomic E-state index is 0.402. The van der Waals surface area contributed by atoms with Crippen molar-refractivity contribution >= 4 is 0 Å². The molecule has 1 aliphatic rings. The van der Waals surface area contributed by atoms with Gasteiger partial charge in [-0.2, -0.15) is 4.98 Å². The number of ether oxygens (including phenoxy) is 1. The monoisotopic (exact) mass is 281 g/mol. The van der Waals surface area contributed by atoms with Crippen LogP contribution < -0.4 is 5.73 Å². The Bertz CT molecular complexity index is 396. The summed E-state index contributed by atoms with van der Waals surface area (Å²) in [5.41, 5.74) is 5.53. The summed E-state index contributed by atoms with van der Waals surface area (Å²) in [6.45, 7) is 4.88. The molecule has 5 heteroatoms. The third-order valence-electron chi connectivity index (χ3n) is 4.01. The second kappa shape index (κ2) is 7.18. The Kier molecular flexibility index (Phi) is 5.54. The van der Waals surface area contributed by atoms with Crippen molar-refractivity contribution in [2.24, 2.45) is 5.73 Å². The SMILES string of the molecule is CCOCC(C)(N)c1noc(C2CCCCCCC2)n1. The topological polar surface area (TPSA) is 74.2 Å². The number of rotatable bonds is 5. The molecule has 0 aliphatic heterocycles. The van der Waals surface area contributed by atoms with E-state index < -0.39 is 5.54 Å². The standard InChI is InChI=1S/C15H27N3O2/c1-3-19-11-15(2,16)14-17-13(20-18-14)12-9-7-5-4-6-8-10-12/h12H,3-11,16H2,1-2H3. The first-order valence-electron chi connectivity index (χ1n) is 7.84. The summed E-state index contributed by atoms with van der Waals surface area (Å²) in [6, 6.07) is 0. The van der Waals surface area contributed by atoms with Crippen molar-refractivity contribution in [1.82, 2.24) is 10.1 Å². The normalized spacial score (nSPS) is 21.1. The van der Waals surface area contributed by atoms with E-state index in [-0.39, 0.29) is 0 Å². The molecule has 2 rings (SSSR count). The second-order valence-corrected chi connectivity index (χ2v) is 6.05. The van der Waals surface area contributed by atoms with Crippen molar-refractivity contribution < 1.29 is 9.26 Å². The van der Waals surface area contributed by atoms with Crippen molar-refractivity contribution in [3.8, 4) is 0 Å². The molecule has 0 amide bonds. The maximum atomic E-state index is 6.21. The van der Waals surface area contributed by atoms with Gasteiger partial charge in [-0.15, -0.1) is 0 Å². The molecule has 1 aliphatic carbocycles. The lowest BCUT2D eigenvalue weighted by molar-refractivity contribution is 0.0962. The summed E-state index contributed by atoms with van der Waals surface area (Å²) in [7, 11) is 0. The minimum Gasteiger partial charge on any atom is -0.379 e. The molecule has 1 unspecified atom stereocenters. The van der Waals surface area contributed by atoms with Gasteiger partial charge in [0, 0.05) is 12.5 Å². The van der Waals surface area contributed by atoms with Gasteiger partial charge in [0.25, 0.3) is 0 Å². The van der Waals surface area contributed by atoms with Gasteiger partial charge in [-0.05, 0) is 26.7 Å². The van der Waals surface area contributed by atoms with E-state index in [0.29, 0.717) is 25.0 Å². The largest absolute Gasteiger partial charge is 0.379 e. The van der Waals surface area contributed by atoms with Gasteiger partial charge < -0.3 is 15.0 Å². The van der Waals surface area contributed by atoms with Crippen molar-refractivity contribution in [3.05, 3.63) is 11.7 Å². The molecule has 0 saturated heterocycles. The van der Waals surface area contributed by atoms with Crippen LogP contribution in [0.1, 0.15) is 76.4 Å². The van der Waals surface area contributed by atoms with Gasteiger partial charge >= 0.3 is 0 Å². The maximum absolute atomic E-state index is 6.21. The zero-order valence-corrected chi connectivity index (χ0v) is 12.7. The van der Waals surface area contributed by atoms with Crippen LogP contribution in [0, 0.1) is 0 Å². The smallest absolute Gasteiger partial charge is 0.229 e. The average Bonchev–Trinajstić information content (AvgIpc) is 2.86. The molecule has 20 heavy (non-hydrogen) atoms. The Labute approximate surface area is 121 Å². The Morgan fingerprint density at radius 3 is 2.55 bits per heavy atom. The summed E-state index contributed by atoms with van der Waals surface area (Å²) in [5, 5.41) is 4.08. The Balaban J connectivity index is 2.03. The van der Waals surface area contributed by atoms with Crippen LogP contribution in [0.4, 0.5) is 0 Å². The van der Waals surface area contributed by atoms with Crippen LogP contribution in [-0.4, -0.2) is 23.4 Å². The first-order valence-corrected chi connectivity index (χ1v) is 7.84. The number of nitrogens with two attached hydrogens (primary N) is 1. The quantitative estimate of drug-likeness (QED) is 0.897. The van der Waals surface area contributed by atoms with Gasteiger partial charge in [0.2, 0.25) is 5.89 Å². The van der Waals surface area contributed by atoms with Crippen LogP contribution in [0.5, 0.6) is 0 Å². The fraction of sp³-hybridized carbons (Fsp3) is 0.867. The fourth-order valence-corrected chi connectivity index (χ4v) is 2.71. The van der Waals surface area contributed by atoms with Crippen molar-refractivity contribution in [1.29, 1.82) is 0 Å². The summed E-state index contributed by atoms with van der Waals surface area (Å²) >= 11 is 0. The van der Waals surface area contributed by atoms with Gasteiger partial charge in [0.05, 0.1) is 6.61 Å². The van der Waals surface area contributed by atoms with E-state index in [1.54, 1.807) is 0 Å². The van der Waals surface area contributed by atoms with Crippen LogP contribution in [0.2, 0.25) is 0 Å².